The van der Waals surface area contributed by atoms with Crippen molar-refractivity contribution in [2.75, 3.05) is 6.54 Å². The van der Waals surface area contributed by atoms with Gasteiger partial charge in [0.15, 0.2) is 5.65 Å². The SMILES string of the molecule is CC(C)n1nc(CC(=O)NCCCCCc2nnc3ccccn23)c2ccccc2c1=O. The summed E-state index contributed by atoms with van der Waals surface area (Å²) in [5, 5.41) is 17.2. The van der Waals surface area contributed by atoms with E-state index in [1.807, 2.05) is 60.8 Å². The third kappa shape index (κ3) is 4.69. The van der Waals surface area contributed by atoms with Crippen LogP contribution >= 0.6 is 0 Å². The van der Waals surface area contributed by atoms with Crippen molar-refractivity contribution in [3.8, 4) is 0 Å². The topological polar surface area (TPSA) is 94.2 Å². The summed E-state index contributed by atoms with van der Waals surface area (Å²) in [6.07, 6.45) is 5.84. The van der Waals surface area contributed by atoms with Gasteiger partial charge in [-0.3, -0.25) is 14.0 Å². The van der Waals surface area contributed by atoms with E-state index in [0.717, 1.165) is 42.5 Å². The first-order chi connectivity index (χ1) is 15.5. The van der Waals surface area contributed by atoms with E-state index in [1.165, 1.54) is 4.68 Å². The van der Waals surface area contributed by atoms with Gasteiger partial charge in [-0.05, 0) is 44.9 Å². The summed E-state index contributed by atoms with van der Waals surface area (Å²) in [5.41, 5.74) is 1.37. The number of amides is 1. The molecule has 4 rings (SSSR count). The zero-order valence-corrected chi connectivity index (χ0v) is 18.5. The molecule has 32 heavy (non-hydrogen) atoms. The highest BCUT2D eigenvalue weighted by Gasteiger charge is 2.14. The van der Waals surface area contributed by atoms with Crippen LogP contribution in [0.3, 0.4) is 0 Å². The van der Waals surface area contributed by atoms with E-state index in [4.69, 9.17) is 0 Å². The predicted molar refractivity (Wildman–Crippen MR) is 124 cm³/mol. The number of hydrogen-bond acceptors (Lipinski definition) is 5. The van der Waals surface area contributed by atoms with E-state index < -0.39 is 0 Å². The zero-order chi connectivity index (χ0) is 22.5. The Morgan fingerprint density at radius 3 is 2.59 bits per heavy atom. The molecule has 0 saturated carbocycles. The Kier molecular flexibility index (Phi) is 6.58. The smallest absolute Gasteiger partial charge is 0.274 e. The monoisotopic (exact) mass is 432 g/mol. The van der Waals surface area contributed by atoms with Crippen LogP contribution in [0, 0.1) is 0 Å². The fourth-order valence-electron chi connectivity index (χ4n) is 3.84. The number of rotatable bonds is 9. The van der Waals surface area contributed by atoms with Crippen LogP contribution in [0.25, 0.3) is 16.4 Å². The van der Waals surface area contributed by atoms with Gasteiger partial charge in [-0.25, -0.2) is 4.68 Å². The minimum Gasteiger partial charge on any atom is -0.356 e. The van der Waals surface area contributed by atoms with Gasteiger partial charge in [-0.1, -0.05) is 30.7 Å². The van der Waals surface area contributed by atoms with Gasteiger partial charge in [0.1, 0.15) is 5.82 Å². The van der Waals surface area contributed by atoms with Crippen LogP contribution in [0.2, 0.25) is 0 Å². The molecular formula is C24H28N6O2. The number of pyridine rings is 1. The second kappa shape index (κ2) is 9.72. The molecule has 1 aromatic carbocycles. The number of aromatic nitrogens is 5. The van der Waals surface area contributed by atoms with Crippen molar-refractivity contribution in [2.45, 2.75) is 52.0 Å². The van der Waals surface area contributed by atoms with Gasteiger partial charge < -0.3 is 5.32 Å². The molecule has 4 aromatic rings. The Labute approximate surface area is 186 Å². The van der Waals surface area contributed by atoms with E-state index in [0.29, 0.717) is 17.6 Å². The maximum atomic E-state index is 12.6. The molecular weight excluding hydrogens is 404 g/mol. The van der Waals surface area contributed by atoms with Crippen molar-refractivity contribution in [1.82, 2.24) is 29.7 Å². The van der Waals surface area contributed by atoms with Crippen LogP contribution in [0.5, 0.6) is 0 Å². The number of nitrogens with zero attached hydrogens (tertiary/aromatic N) is 5. The summed E-state index contributed by atoms with van der Waals surface area (Å²) in [4.78, 5) is 25.2. The molecule has 3 aromatic heterocycles. The third-order valence-corrected chi connectivity index (χ3v) is 5.51. The number of hydrogen-bond donors (Lipinski definition) is 1. The molecule has 0 bridgehead atoms. The second-order valence-electron chi connectivity index (χ2n) is 8.22. The summed E-state index contributed by atoms with van der Waals surface area (Å²) in [6, 6.07) is 13.1. The van der Waals surface area contributed by atoms with Gasteiger partial charge in [0.25, 0.3) is 5.56 Å². The van der Waals surface area contributed by atoms with Gasteiger partial charge in [0.05, 0.1) is 23.5 Å². The van der Waals surface area contributed by atoms with Crippen LogP contribution in [0.4, 0.5) is 0 Å². The third-order valence-electron chi connectivity index (χ3n) is 5.51. The average Bonchev–Trinajstić information content (AvgIpc) is 3.21. The summed E-state index contributed by atoms with van der Waals surface area (Å²) in [7, 11) is 0. The van der Waals surface area contributed by atoms with E-state index in [2.05, 4.69) is 20.6 Å². The Hall–Kier alpha value is -3.55. The fraction of sp³-hybridized carbons (Fsp3) is 0.375. The standard InChI is InChI=1S/C24H28N6O2/c1-17(2)30-24(32)19-11-6-5-10-18(19)20(28-30)16-23(31)25-14-8-3-4-12-21-26-27-22-13-7-9-15-29(21)22/h5-7,9-11,13,15,17H,3-4,8,12,14,16H2,1-2H3,(H,25,31). The van der Waals surface area contributed by atoms with Crippen molar-refractivity contribution in [3.05, 3.63) is 70.5 Å². The molecule has 0 saturated heterocycles. The van der Waals surface area contributed by atoms with Crippen LogP contribution < -0.4 is 10.9 Å². The number of fused-ring (bicyclic) bond motifs is 2. The first-order valence-corrected chi connectivity index (χ1v) is 11.1. The van der Waals surface area contributed by atoms with Gasteiger partial charge >= 0.3 is 0 Å². The number of benzene rings is 1. The van der Waals surface area contributed by atoms with Crippen molar-refractivity contribution >= 4 is 22.3 Å². The summed E-state index contributed by atoms with van der Waals surface area (Å²) in [5.74, 6) is 0.878. The van der Waals surface area contributed by atoms with Gasteiger partial charge in [0, 0.05) is 24.5 Å². The summed E-state index contributed by atoms with van der Waals surface area (Å²) < 4.78 is 3.47. The molecule has 0 radical (unpaired) electrons. The van der Waals surface area contributed by atoms with E-state index in [-0.39, 0.29) is 23.9 Å². The molecule has 1 amide bonds. The lowest BCUT2D eigenvalue weighted by molar-refractivity contribution is -0.120. The zero-order valence-electron chi connectivity index (χ0n) is 18.5. The quantitative estimate of drug-likeness (QED) is 0.410. The Balaban J connectivity index is 1.28. The lowest BCUT2D eigenvalue weighted by Gasteiger charge is -2.13. The molecule has 0 aliphatic carbocycles. The van der Waals surface area contributed by atoms with Crippen LogP contribution in [0.1, 0.15) is 50.7 Å². The van der Waals surface area contributed by atoms with Crippen molar-refractivity contribution in [1.29, 1.82) is 0 Å². The van der Waals surface area contributed by atoms with Crippen molar-refractivity contribution < 1.29 is 4.79 Å². The Bertz CT molecular complexity index is 1290. The molecule has 8 nitrogen and oxygen atoms in total. The number of aryl methyl sites for hydroxylation is 1. The lowest BCUT2D eigenvalue weighted by atomic mass is 10.1. The number of nitrogens with one attached hydrogen (secondary N) is 1. The van der Waals surface area contributed by atoms with Gasteiger partial charge in [-0.15, -0.1) is 10.2 Å². The summed E-state index contributed by atoms with van der Waals surface area (Å²) in [6.45, 7) is 4.44. The number of unbranched alkanes of at least 4 members (excludes halogenated alkanes) is 2. The highest BCUT2D eigenvalue weighted by atomic mass is 16.1. The summed E-state index contributed by atoms with van der Waals surface area (Å²) >= 11 is 0. The van der Waals surface area contributed by atoms with Crippen LogP contribution in [-0.2, 0) is 17.6 Å². The van der Waals surface area contributed by atoms with E-state index in [1.54, 1.807) is 6.07 Å². The predicted octanol–water partition coefficient (Wildman–Crippen LogP) is 3.09. The van der Waals surface area contributed by atoms with E-state index >= 15 is 0 Å². The minimum atomic E-state index is -0.125. The molecule has 0 aliphatic rings. The van der Waals surface area contributed by atoms with Crippen molar-refractivity contribution in [3.63, 3.8) is 0 Å². The second-order valence-corrected chi connectivity index (χ2v) is 8.22. The van der Waals surface area contributed by atoms with Gasteiger partial charge in [-0.2, -0.15) is 5.10 Å². The fourth-order valence-corrected chi connectivity index (χ4v) is 3.84. The largest absolute Gasteiger partial charge is 0.356 e. The Morgan fingerprint density at radius 1 is 1.00 bits per heavy atom. The number of carbonyl (C=O) groups is 1. The Morgan fingerprint density at radius 2 is 1.78 bits per heavy atom. The first kappa shape index (κ1) is 21.7. The average molecular weight is 433 g/mol. The lowest BCUT2D eigenvalue weighted by Crippen LogP contribution is -2.30. The molecule has 166 valence electrons. The normalized spacial score (nSPS) is 11.5. The maximum absolute atomic E-state index is 12.6. The maximum Gasteiger partial charge on any atom is 0.274 e. The number of carbonyl (C=O) groups excluding carboxylic acids is 1. The highest BCUT2D eigenvalue weighted by molar-refractivity contribution is 5.88. The molecule has 0 fully saturated rings. The van der Waals surface area contributed by atoms with Crippen molar-refractivity contribution in [2.24, 2.45) is 0 Å². The molecule has 0 unspecified atom stereocenters. The molecule has 0 spiro atoms. The van der Waals surface area contributed by atoms with Crippen LogP contribution in [0.15, 0.2) is 53.5 Å². The molecule has 0 aliphatic heterocycles. The first-order valence-electron chi connectivity index (χ1n) is 11.1. The molecule has 0 atom stereocenters. The highest BCUT2D eigenvalue weighted by Crippen LogP contribution is 2.15. The molecule has 3 heterocycles. The minimum absolute atomic E-state index is 0.0729. The van der Waals surface area contributed by atoms with Crippen LogP contribution in [-0.4, -0.2) is 36.8 Å². The van der Waals surface area contributed by atoms with E-state index in [9.17, 15) is 9.59 Å². The van der Waals surface area contributed by atoms with Gasteiger partial charge in [0.2, 0.25) is 5.91 Å². The molecule has 8 heteroatoms. The molecule has 1 N–H and O–H groups in total.